The van der Waals surface area contributed by atoms with E-state index in [0.29, 0.717) is 43.4 Å². The van der Waals surface area contributed by atoms with Crippen LogP contribution in [0.5, 0.6) is 5.75 Å². The molecule has 0 spiro atoms. The first-order valence-corrected chi connectivity index (χ1v) is 32.6. The number of nitrogens with zero attached hydrogens (tertiary/aromatic N) is 4. The monoisotopic (exact) mass is 1360 g/mol. The molecule has 11 atom stereocenters. The number of phenols is 1. The van der Waals surface area contributed by atoms with E-state index in [9.17, 15) is 57.8 Å². The van der Waals surface area contributed by atoms with Crippen molar-refractivity contribution < 1.29 is 57.8 Å². The van der Waals surface area contributed by atoms with Crippen molar-refractivity contribution in [1.82, 2.24) is 52.8 Å². The molecule has 97 heavy (non-hydrogen) atoms. The Hall–Kier alpha value is -10.1. The SMILES string of the molecule is CC[C@H](C)[C@H](NC(=O)[C@H](CCCN=C(N)N)NC(=O)[C@H](CCCN=C(N)N)NC(=O)[C@@H]1C/C=C/C[C@H](NC(=O)[C@@H](N)Cc2ccc(O)cc2)C(=O)NCC(=O)N[C@@H](Cc2ccccc2)C(=O)N1)C(=O)N[C@@H](CCCN=C(N)N)C(=O)N1CCC[C@H]1C(=O)N[C@@H](CCCCN)C(N)=O. The largest absolute Gasteiger partial charge is 0.508 e. The van der Waals surface area contributed by atoms with Crippen molar-refractivity contribution in [3.63, 3.8) is 0 Å². The number of carbonyl (C=O) groups is 11. The van der Waals surface area contributed by atoms with E-state index in [-0.39, 0.29) is 127 Å². The third-order valence-electron chi connectivity index (χ3n) is 16.2. The lowest BCUT2D eigenvalue weighted by molar-refractivity contribution is -0.142. The molecule has 0 radical (unpaired) electrons. The van der Waals surface area contributed by atoms with Gasteiger partial charge in [-0.3, -0.25) is 67.7 Å². The smallest absolute Gasteiger partial charge is 0.245 e. The number of amides is 11. The van der Waals surface area contributed by atoms with Crippen LogP contribution in [-0.4, -0.2) is 193 Å². The van der Waals surface area contributed by atoms with Gasteiger partial charge in [-0.05, 0) is 126 Å². The summed E-state index contributed by atoms with van der Waals surface area (Å²) >= 11 is 0. The number of rotatable bonds is 36. The average molecular weight is 1360 g/mol. The predicted molar refractivity (Wildman–Crippen MR) is 363 cm³/mol. The Labute approximate surface area is 563 Å². The molecule has 28 N–H and O–H groups in total. The van der Waals surface area contributed by atoms with Crippen LogP contribution in [0.1, 0.15) is 115 Å². The third kappa shape index (κ3) is 28.4. The van der Waals surface area contributed by atoms with E-state index in [1.807, 2.05) is 0 Å². The van der Waals surface area contributed by atoms with E-state index in [1.165, 1.54) is 29.2 Å². The highest BCUT2D eigenvalue weighted by Crippen LogP contribution is 2.22. The van der Waals surface area contributed by atoms with Crippen LogP contribution in [0.4, 0.5) is 0 Å². The van der Waals surface area contributed by atoms with Crippen LogP contribution in [-0.2, 0) is 65.6 Å². The van der Waals surface area contributed by atoms with Crippen LogP contribution in [0.25, 0.3) is 0 Å². The fraction of sp³-hybridized carbons (Fsp3) is 0.556. The summed E-state index contributed by atoms with van der Waals surface area (Å²) in [5.74, 6) is -9.95. The number of phenolic OH excluding ortho intramolecular Hbond substituents is 1. The minimum Gasteiger partial charge on any atom is -0.508 e. The lowest BCUT2D eigenvalue weighted by atomic mass is 9.96. The first kappa shape index (κ1) is 79.3. The van der Waals surface area contributed by atoms with Gasteiger partial charge in [-0.1, -0.05) is 74.9 Å². The number of hydrogen-bond donors (Lipinski definition) is 19. The van der Waals surface area contributed by atoms with Crippen LogP contribution in [0, 0.1) is 5.92 Å². The van der Waals surface area contributed by atoms with Crippen LogP contribution < -0.4 is 99.5 Å². The first-order chi connectivity index (χ1) is 46.2. The molecule has 2 aromatic carbocycles. The second-order valence-electron chi connectivity index (χ2n) is 23.9. The number of unbranched alkanes of at least 4 members (excludes halogenated alkanes) is 1. The van der Waals surface area contributed by atoms with Crippen molar-refractivity contribution in [2.45, 2.75) is 177 Å². The molecule has 0 bridgehead atoms. The molecule has 2 aliphatic rings. The molecule has 0 saturated carbocycles. The van der Waals surface area contributed by atoms with E-state index < -0.39 is 138 Å². The molecule has 11 amide bonds. The summed E-state index contributed by atoms with van der Waals surface area (Å²) in [6, 6.07) is 1.70. The van der Waals surface area contributed by atoms with Gasteiger partial charge in [-0.15, -0.1) is 0 Å². The van der Waals surface area contributed by atoms with Crippen molar-refractivity contribution in [1.29, 1.82) is 0 Å². The Kier molecular flexibility index (Phi) is 34.1. The second kappa shape index (κ2) is 41.7. The standard InChI is InChI=1S/C63H100N22O12/c1-3-36(2)50(59(96)83-46(22-13-31-75-63(71)72)60(97)85-32-14-23-48(85)58(95)78-41(51(66)88)17-9-10-28-64)84-56(93)45(21-12-30-74-62(69)70)81-55(92)44(20-11-29-73-61(67)68)80-54(91)43-19-8-7-18-42(79-52(89)40(65)33-38-24-26-39(86)27-25-38)53(90)76-35-49(87)77-47(57(94)82-43)34-37-15-5-4-6-16-37/h4-8,15-16,24-27,36,40-48,50,86H,3,9-14,17-23,28-35,64-65H2,1-2H3,(H2,66,88)(H,76,90)(H,77,87)(H,78,95)(H,79,89)(H,80,91)(H,81,92)(H,82,94)(H,83,96)(H,84,93)(H4,67,68,73)(H4,69,70,74)(H4,71,72,75)/b8-7+/t36-,40-,41-,42-,43-,44-,45-,46-,47-,48-,50-/m0/s1. The van der Waals surface area contributed by atoms with Crippen molar-refractivity contribution in [3.8, 4) is 5.75 Å². The van der Waals surface area contributed by atoms with Gasteiger partial charge in [0, 0.05) is 32.6 Å². The maximum absolute atomic E-state index is 14.8. The number of carbonyl (C=O) groups excluding carboxylic acids is 11. The highest BCUT2D eigenvalue weighted by Gasteiger charge is 2.41. The highest BCUT2D eigenvalue weighted by atomic mass is 16.3. The normalized spacial score (nSPS) is 19.1. The van der Waals surface area contributed by atoms with E-state index in [0.717, 1.165) is 0 Å². The number of nitrogens with one attached hydrogen (secondary N) is 9. The first-order valence-electron chi connectivity index (χ1n) is 32.6. The Morgan fingerprint density at radius 2 is 1.19 bits per heavy atom. The van der Waals surface area contributed by atoms with Gasteiger partial charge in [0.25, 0.3) is 0 Å². The van der Waals surface area contributed by atoms with E-state index >= 15 is 0 Å². The van der Waals surface area contributed by atoms with Crippen LogP contribution >= 0.6 is 0 Å². The molecule has 2 aromatic rings. The van der Waals surface area contributed by atoms with Gasteiger partial charge in [0.1, 0.15) is 60.1 Å². The molecule has 4 rings (SSSR count). The number of aromatic hydroxyl groups is 1. The van der Waals surface area contributed by atoms with E-state index in [2.05, 4.69) is 62.8 Å². The van der Waals surface area contributed by atoms with Gasteiger partial charge >= 0.3 is 0 Å². The lowest BCUT2D eigenvalue weighted by Crippen LogP contribution is -2.61. The predicted octanol–water partition coefficient (Wildman–Crippen LogP) is -5.34. The van der Waals surface area contributed by atoms with Crippen molar-refractivity contribution in [2.24, 2.45) is 72.5 Å². The number of aliphatic imine (C=N–C) groups is 3. The average Bonchev–Trinajstić information content (AvgIpc) is 1.77. The van der Waals surface area contributed by atoms with Gasteiger partial charge in [-0.2, -0.15) is 0 Å². The minimum absolute atomic E-state index is 0.00690. The Morgan fingerprint density at radius 1 is 0.629 bits per heavy atom. The fourth-order valence-electron chi connectivity index (χ4n) is 10.7. The number of nitrogens with two attached hydrogens (primary N) is 9. The van der Waals surface area contributed by atoms with Gasteiger partial charge in [-0.25, -0.2) is 0 Å². The molecular formula is C63H100N22O12. The molecule has 534 valence electrons. The summed E-state index contributed by atoms with van der Waals surface area (Å²) < 4.78 is 0. The number of guanidine groups is 3. The maximum Gasteiger partial charge on any atom is 0.245 e. The molecule has 2 heterocycles. The molecular weight excluding hydrogens is 1260 g/mol. The van der Waals surface area contributed by atoms with Gasteiger partial charge in [0.05, 0.1) is 12.6 Å². The highest BCUT2D eigenvalue weighted by molar-refractivity contribution is 5.99. The molecule has 0 unspecified atom stereocenters. The van der Waals surface area contributed by atoms with E-state index in [4.69, 9.17) is 51.6 Å². The quantitative estimate of drug-likeness (QED) is 0.0131. The van der Waals surface area contributed by atoms with Gasteiger partial charge in [0.15, 0.2) is 17.9 Å². The molecule has 0 aliphatic carbocycles. The zero-order valence-electron chi connectivity index (χ0n) is 55.2. The number of hydrogen-bond acceptors (Lipinski definition) is 17. The molecule has 1 saturated heterocycles. The van der Waals surface area contributed by atoms with Gasteiger partial charge in [0.2, 0.25) is 65.0 Å². The summed E-state index contributed by atoms with van der Waals surface area (Å²) in [5.41, 5.74) is 52.4. The molecule has 34 nitrogen and oxygen atoms in total. The summed E-state index contributed by atoms with van der Waals surface area (Å²) in [5, 5.41) is 33.9. The third-order valence-corrected chi connectivity index (χ3v) is 16.2. The topological polar surface area (TPSA) is 591 Å². The second-order valence-corrected chi connectivity index (χ2v) is 23.9. The van der Waals surface area contributed by atoms with Crippen LogP contribution in [0.2, 0.25) is 0 Å². The minimum atomic E-state index is -1.49. The zero-order valence-corrected chi connectivity index (χ0v) is 55.2. The number of benzene rings is 2. The molecule has 2 aliphatic heterocycles. The molecule has 1 fully saturated rings. The van der Waals surface area contributed by atoms with Crippen LogP contribution in [0.15, 0.2) is 81.7 Å². The van der Waals surface area contributed by atoms with Gasteiger partial charge < -0.3 is 109 Å². The molecule has 34 heteroatoms. The summed E-state index contributed by atoms with van der Waals surface area (Å²) in [7, 11) is 0. The zero-order chi connectivity index (χ0) is 71.6. The molecule has 0 aromatic heterocycles. The lowest BCUT2D eigenvalue weighted by Gasteiger charge is -2.32. The summed E-state index contributed by atoms with van der Waals surface area (Å²) in [6.07, 6.45) is 4.71. The Balaban J connectivity index is 1.68. The summed E-state index contributed by atoms with van der Waals surface area (Å²) in [4.78, 5) is 168. The Bertz CT molecular complexity index is 3090. The summed E-state index contributed by atoms with van der Waals surface area (Å²) in [6.45, 7) is 3.33. The number of primary amides is 1. The Morgan fingerprint density at radius 3 is 1.77 bits per heavy atom. The van der Waals surface area contributed by atoms with Crippen LogP contribution in [0.3, 0.4) is 0 Å². The maximum atomic E-state index is 14.8. The van der Waals surface area contributed by atoms with Crippen molar-refractivity contribution in [3.05, 3.63) is 77.9 Å². The van der Waals surface area contributed by atoms with E-state index in [1.54, 1.807) is 56.3 Å². The number of likely N-dealkylation sites (tertiary alicyclic amines) is 1. The van der Waals surface area contributed by atoms with Crippen molar-refractivity contribution >= 4 is 82.9 Å². The van der Waals surface area contributed by atoms with Crippen molar-refractivity contribution in [2.75, 3.05) is 39.3 Å². The fourth-order valence-corrected chi connectivity index (χ4v) is 10.7.